The molecule has 6 nitrogen and oxygen atoms in total. The third-order valence-corrected chi connectivity index (χ3v) is 4.56. The molecule has 0 aliphatic heterocycles. The van der Waals surface area contributed by atoms with Crippen LogP contribution in [0.25, 0.3) is 22.5 Å². The Morgan fingerprint density at radius 1 is 0.839 bits per heavy atom. The molecule has 3 aromatic carbocycles. The molecule has 1 heterocycles. The quantitative estimate of drug-likeness (QED) is 0.374. The Labute approximate surface area is 180 Å². The van der Waals surface area contributed by atoms with Crippen LogP contribution in [-0.2, 0) is 0 Å². The maximum atomic E-state index is 12.7. The van der Waals surface area contributed by atoms with Crippen molar-refractivity contribution in [3.63, 3.8) is 0 Å². The van der Waals surface area contributed by atoms with E-state index in [0.717, 1.165) is 22.4 Å². The Balaban J connectivity index is 1.61. The summed E-state index contributed by atoms with van der Waals surface area (Å²) in [6.45, 7) is 0. The first-order valence-electron chi connectivity index (χ1n) is 9.70. The average molecular weight is 408 g/mol. The zero-order chi connectivity index (χ0) is 21.5. The number of benzene rings is 3. The molecular formula is C25H20N4O2. The molecule has 1 amide bonds. The Morgan fingerprint density at radius 3 is 1.90 bits per heavy atom. The van der Waals surface area contributed by atoms with Crippen LogP contribution in [0.5, 0.6) is 5.75 Å². The van der Waals surface area contributed by atoms with Crippen LogP contribution < -0.4 is 10.2 Å². The SMILES string of the molecule is COc1ccc(C=NNC(=O)c2nc(-c3ccccc3)cc(-c3ccccc3)n2)cc1. The highest BCUT2D eigenvalue weighted by Gasteiger charge is 2.14. The van der Waals surface area contributed by atoms with Gasteiger partial charge in [-0.15, -0.1) is 0 Å². The largest absolute Gasteiger partial charge is 0.497 e. The summed E-state index contributed by atoms with van der Waals surface area (Å²) in [6.07, 6.45) is 1.55. The second-order valence-electron chi connectivity index (χ2n) is 6.67. The first-order valence-corrected chi connectivity index (χ1v) is 9.70. The van der Waals surface area contributed by atoms with Gasteiger partial charge in [0.15, 0.2) is 0 Å². The molecule has 1 N–H and O–H groups in total. The van der Waals surface area contributed by atoms with Crippen LogP contribution in [-0.4, -0.2) is 29.2 Å². The number of carbonyl (C=O) groups is 1. The monoisotopic (exact) mass is 408 g/mol. The van der Waals surface area contributed by atoms with E-state index in [9.17, 15) is 4.79 Å². The number of aromatic nitrogens is 2. The Kier molecular flexibility index (Phi) is 6.09. The number of hydrogen-bond donors (Lipinski definition) is 1. The topological polar surface area (TPSA) is 76.5 Å². The number of nitrogens with one attached hydrogen (secondary N) is 1. The van der Waals surface area contributed by atoms with Gasteiger partial charge in [0.1, 0.15) is 5.75 Å². The maximum Gasteiger partial charge on any atom is 0.309 e. The highest BCUT2D eigenvalue weighted by atomic mass is 16.5. The number of hydrazone groups is 1. The lowest BCUT2D eigenvalue weighted by Crippen LogP contribution is -2.21. The highest BCUT2D eigenvalue weighted by molar-refractivity contribution is 5.92. The van der Waals surface area contributed by atoms with Crippen molar-refractivity contribution in [2.24, 2.45) is 5.10 Å². The number of hydrogen-bond acceptors (Lipinski definition) is 5. The van der Waals surface area contributed by atoms with Crippen LogP contribution >= 0.6 is 0 Å². The van der Waals surface area contributed by atoms with E-state index in [2.05, 4.69) is 20.5 Å². The predicted molar refractivity (Wildman–Crippen MR) is 121 cm³/mol. The predicted octanol–water partition coefficient (Wildman–Crippen LogP) is 4.58. The average Bonchev–Trinajstić information content (AvgIpc) is 2.85. The van der Waals surface area contributed by atoms with E-state index in [4.69, 9.17) is 4.74 Å². The molecule has 1 aromatic heterocycles. The summed E-state index contributed by atoms with van der Waals surface area (Å²) in [6, 6.07) is 28.6. The molecule has 4 rings (SSSR count). The van der Waals surface area contributed by atoms with Crippen LogP contribution in [0.3, 0.4) is 0 Å². The third-order valence-electron chi connectivity index (χ3n) is 4.56. The van der Waals surface area contributed by atoms with E-state index in [1.165, 1.54) is 0 Å². The lowest BCUT2D eigenvalue weighted by atomic mass is 10.1. The molecule has 0 saturated carbocycles. The maximum absolute atomic E-state index is 12.7. The molecule has 152 valence electrons. The highest BCUT2D eigenvalue weighted by Crippen LogP contribution is 2.23. The molecule has 0 aliphatic rings. The van der Waals surface area contributed by atoms with Gasteiger partial charge in [-0.25, -0.2) is 15.4 Å². The smallest absolute Gasteiger partial charge is 0.309 e. The molecule has 0 spiro atoms. The van der Waals surface area contributed by atoms with Crippen LogP contribution in [0.4, 0.5) is 0 Å². The van der Waals surface area contributed by atoms with E-state index in [1.807, 2.05) is 91.0 Å². The number of carbonyl (C=O) groups excluding carboxylic acids is 1. The minimum atomic E-state index is -0.486. The van der Waals surface area contributed by atoms with Crippen molar-refractivity contribution < 1.29 is 9.53 Å². The summed E-state index contributed by atoms with van der Waals surface area (Å²) in [7, 11) is 1.61. The first kappa shape index (κ1) is 20.0. The number of amides is 1. The van der Waals surface area contributed by atoms with Gasteiger partial charge in [-0.2, -0.15) is 5.10 Å². The van der Waals surface area contributed by atoms with Gasteiger partial charge < -0.3 is 4.74 Å². The van der Waals surface area contributed by atoms with E-state index in [-0.39, 0.29) is 5.82 Å². The van der Waals surface area contributed by atoms with Gasteiger partial charge in [0.05, 0.1) is 24.7 Å². The number of nitrogens with zero attached hydrogens (tertiary/aromatic N) is 3. The molecule has 0 atom stereocenters. The zero-order valence-corrected chi connectivity index (χ0v) is 16.9. The van der Waals surface area contributed by atoms with E-state index >= 15 is 0 Å². The summed E-state index contributed by atoms with van der Waals surface area (Å²) < 4.78 is 5.13. The number of ether oxygens (including phenoxy) is 1. The lowest BCUT2D eigenvalue weighted by Gasteiger charge is -2.08. The fourth-order valence-corrected chi connectivity index (χ4v) is 2.97. The fourth-order valence-electron chi connectivity index (χ4n) is 2.97. The van der Waals surface area contributed by atoms with E-state index in [1.54, 1.807) is 13.3 Å². The van der Waals surface area contributed by atoms with Gasteiger partial charge in [-0.05, 0) is 35.9 Å². The lowest BCUT2D eigenvalue weighted by molar-refractivity contribution is 0.0945. The van der Waals surface area contributed by atoms with E-state index < -0.39 is 5.91 Å². The summed E-state index contributed by atoms with van der Waals surface area (Å²) in [5.41, 5.74) is 6.46. The number of rotatable bonds is 6. The van der Waals surface area contributed by atoms with Crippen molar-refractivity contribution in [2.45, 2.75) is 0 Å². The summed E-state index contributed by atoms with van der Waals surface area (Å²) in [4.78, 5) is 21.7. The summed E-state index contributed by atoms with van der Waals surface area (Å²) >= 11 is 0. The molecule has 0 bridgehead atoms. The zero-order valence-electron chi connectivity index (χ0n) is 16.9. The molecule has 0 aliphatic carbocycles. The van der Waals surface area contributed by atoms with Gasteiger partial charge in [0.2, 0.25) is 5.82 Å². The van der Waals surface area contributed by atoms with Crippen LogP contribution in [0.1, 0.15) is 16.2 Å². The molecule has 31 heavy (non-hydrogen) atoms. The van der Waals surface area contributed by atoms with Gasteiger partial charge in [0.25, 0.3) is 0 Å². The van der Waals surface area contributed by atoms with Crippen LogP contribution in [0.2, 0.25) is 0 Å². The second-order valence-corrected chi connectivity index (χ2v) is 6.67. The van der Waals surface area contributed by atoms with Crippen molar-refractivity contribution in [2.75, 3.05) is 7.11 Å². The van der Waals surface area contributed by atoms with Crippen molar-refractivity contribution >= 4 is 12.1 Å². The van der Waals surface area contributed by atoms with Gasteiger partial charge >= 0.3 is 5.91 Å². The van der Waals surface area contributed by atoms with Crippen molar-refractivity contribution in [1.82, 2.24) is 15.4 Å². The van der Waals surface area contributed by atoms with Crippen LogP contribution in [0.15, 0.2) is 96.1 Å². The first-order chi connectivity index (χ1) is 15.2. The Hall–Kier alpha value is -4.32. The normalized spacial score (nSPS) is 10.7. The standard InChI is InChI=1S/C25H20N4O2/c1-31-21-14-12-18(13-15-21)17-26-29-25(30)24-27-22(19-8-4-2-5-9-19)16-23(28-24)20-10-6-3-7-11-20/h2-17H,1H3,(H,29,30). The Bertz CT molecular complexity index is 1130. The van der Waals surface area contributed by atoms with Crippen LogP contribution in [0, 0.1) is 0 Å². The summed E-state index contributed by atoms with van der Waals surface area (Å²) in [5, 5.41) is 4.03. The third kappa shape index (κ3) is 5.00. The molecule has 4 aromatic rings. The molecular weight excluding hydrogens is 388 g/mol. The minimum absolute atomic E-state index is 0.0482. The Morgan fingerprint density at radius 2 is 1.39 bits per heavy atom. The molecule has 0 radical (unpaired) electrons. The van der Waals surface area contributed by atoms with Gasteiger partial charge in [-0.3, -0.25) is 4.79 Å². The van der Waals surface area contributed by atoms with Crippen molar-refractivity contribution in [3.8, 4) is 28.3 Å². The molecule has 0 fully saturated rings. The number of methoxy groups -OCH3 is 1. The van der Waals surface area contributed by atoms with Gasteiger partial charge in [-0.1, -0.05) is 60.7 Å². The van der Waals surface area contributed by atoms with E-state index in [0.29, 0.717) is 11.4 Å². The molecule has 0 saturated heterocycles. The second kappa shape index (κ2) is 9.45. The fraction of sp³-hybridized carbons (Fsp3) is 0.0400. The summed E-state index contributed by atoms with van der Waals surface area (Å²) in [5.74, 6) is 0.313. The van der Waals surface area contributed by atoms with Gasteiger partial charge in [0, 0.05) is 11.1 Å². The molecule has 6 heteroatoms. The van der Waals surface area contributed by atoms with Crippen molar-refractivity contribution in [3.05, 3.63) is 102 Å². The van der Waals surface area contributed by atoms with Crippen molar-refractivity contribution in [1.29, 1.82) is 0 Å². The minimum Gasteiger partial charge on any atom is -0.497 e. The molecule has 0 unspecified atom stereocenters.